The van der Waals surface area contributed by atoms with Crippen molar-refractivity contribution in [1.29, 1.82) is 5.26 Å². The Morgan fingerprint density at radius 2 is 1.91 bits per heavy atom. The van der Waals surface area contributed by atoms with Crippen molar-refractivity contribution in [3.63, 3.8) is 0 Å². The number of rotatable bonds is 7. The van der Waals surface area contributed by atoms with Gasteiger partial charge in [-0.2, -0.15) is 10.4 Å². The highest BCUT2D eigenvalue weighted by Gasteiger charge is 2.16. The molecule has 0 bridgehead atoms. The van der Waals surface area contributed by atoms with Crippen molar-refractivity contribution in [1.82, 2.24) is 9.78 Å². The summed E-state index contributed by atoms with van der Waals surface area (Å²) in [6, 6.07) is 21.1. The Labute approximate surface area is 210 Å². The van der Waals surface area contributed by atoms with Gasteiger partial charge in [0.05, 0.1) is 28.3 Å². The molecule has 0 atom stereocenters. The van der Waals surface area contributed by atoms with Gasteiger partial charge in [-0.3, -0.25) is 4.79 Å². The van der Waals surface area contributed by atoms with Crippen molar-refractivity contribution in [3.8, 4) is 17.5 Å². The third-order valence-corrected chi connectivity index (χ3v) is 6.52. The molecule has 4 aromatic rings. The Kier molecular flexibility index (Phi) is 7.00. The molecule has 0 saturated carbocycles. The SMILES string of the molecule is CS(=O)(=O)c1cc(Br)cc(NC(=O)c2cnn(-c3cc(C#N)ccc3OCc3ccccc3)c2)c1. The lowest BCUT2D eigenvalue weighted by Gasteiger charge is -2.12. The smallest absolute Gasteiger partial charge is 0.258 e. The summed E-state index contributed by atoms with van der Waals surface area (Å²) in [7, 11) is -3.46. The highest BCUT2D eigenvalue weighted by atomic mass is 79.9. The molecule has 0 saturated heterocycles. The maximum absolute atomic E-state index is 12.8. The van der Waals surface area contributed by atoms with Gasteiger partial charge in [0.2, 0.25) is 0 Å². The number of anilines is 1. The number of nitrogens with zero attached hydrogens (tertiary/aromatic N) is 3. The first kappa shape index (κ1) is 24.2. The molecular weight excluding hydrogens is 532 g/mol. The van der Waals surface area contributed by atoms with Crippen molar-refractivity contribution < 1.29 is 17.9 Å². The minimum atomic E-state index is -3.46. The average Bonchev–Trinajstić information content (AvgIpc) is 3.33. The minimum Gasteiger partial charge on any atom is -0.487 e. The summed E-state index contributed by atoms with van der Waals surface area (Å²) in [5.74, 6) is 0.0182. The third-order valence-electron chi connectivity index (χ3n) is 4.97. The maximum atomic E-state index is 12.8. The number of ether oxygens (including phenoxy) is 1. The van der Waals surface area contributed by atoms with E-state index in [1.165, 1.54) is 29.2 Å². The molecular formula is C25H19BrN4O4S. The lowest BCUT2D eigenvalue weighted by Crippen LogP contribution is -2.12. The zero-order valence-corrected chi connectivity index (χ0v) is 20.9. The molecule has 1 N–H and O–H groups in total. The number of carbonyl (C=O) groups is 1. The summed E-state index contributed by atoms with van der Waals surface area (Å²) in [4.78, 5) is 12.9. The molecule has 0 aliphatic heterocycles. The average molecular weight is 551 g/mol. The van der Waals surface area contributed by atoms with Crippen LogP contribution < -0.4 is 10.1 Å². The van der Waals surface area contributed by atoms with Gasteiger partial charge < -0.3 is 10.1 Å². The van der Waals surface area contributed by atoms with Gasteiger partial charge in [0.15, 0.2) is 9.84 Å². The number of amides is 1. The van der Waals surface area contributed by atoms with Crippen LogP contribution in [0.15, 0.2) is 88.5 Å². The number of nitrogens with one attached hydrogen (secondary N) is 1. The third kappa shape index (κ3) is 5.95. The summed E-state index contributed by atoms with van der Waals surface area (Å²) in [5.41, 5.74) is 2.45. The number of aromatic nitrogens is 2. The predicted molar refractivity (Wildman–Crippen MR) is 134 cm³/mol. The minimum absolute atomic E-state index is 0.0754. The molecule has 176 valence electrons. The van der Waals surface area contributed by atoms with E-state index in [0.29, 0.717) is 33.8 Å². The summed E-state index contributed by atoms with van der Waals surface area (Å²) in [6.07, 6.45) is 3.98. The van der Waals surface area contributed by atoms with E-state index in [4.69, 9.17) is 4.74 Å². The topological polar surface area (TPSA) is 114 Å². The van der Waals surface area contributed by atoms with E-state index < -0.39 is 15.7 Å². The van der Waals surface area contributed by atoms with Crippen LogP contribution in [0, 0.1) is 11.3 Å². The number of nitriles is 1. The highest BCUT2D eigenvalue weighted by molar-refractivity contribution is 9.10. The maximum Gasteiger partial charge on any atom is 0.258 e. The van der Waals surface area contributed by atoms with Crippen molar-refractivity contribution in [2.75, 3.05) is 11.6 Å². The monoisotopic (exact) mass is 550 g/mol. The lowest BCUT2D eigenvalue weighted by atomic mass is 10.2. The van der Waals surface area contributed by atoms with Gasteiger partial charge in [0, 0.05) is 22.6 Å². The van der Waals surface area contributed by atoms with Crippen molar-refractivity contribution in [3.05, 3.63) is 100 Å². The van der Waals surface area contributed by atoms with E-state index in [9.17, 15) is 18.5 Å². The lowest BCUT2D eigenvalue weighted by molar-refractivity contribution is 0.102. The van der Waals surface area contributed by atoms with Crippen LogP contribution in [0.2, 0.25) is 0 Å². The zero-order valence-electron chi connectivity index (χ0n) is 18.5. The van der Waals surface area contributed by atoms with E-state index in [1.807, 2.05) is 30.3 Å². The Bertz CT molecular complexity index is 1540. The van der Waals surface area contributed by atoms with Crippen LogP contribution >= 0.6 is 15.9 Å². The summed E-state index contributed by atoms with van der Waals surface area (Å²) in [6.45, 7) is 0.319. The van der Waals surface area contributed by atoms with Crippen LogP contribution in [0.1, 0.15) is 21.5 Å². The van der Waals surface area contributed by atoms with Crippen molar-refractivity contribution >= 4 is 37.4 Å². The second-order valence-corrected chi connectivity index (χ2v) is 10.6. The molecule has 0 radical (unpaired) electrons. The molecule has 0 aliphatic rings. The molecule has 0 spiro atoms. The molecule has 1 aromatic heterocycles. The standard InChI is InChI=1S/C25H19BrN4O4S/c1-35(32,33)22-11-20(26)10-21(12-22)29-25(31)19-14-28-30(15-19)23-9-18(13-27)7-8-24(23)34-16-17-5-3-2-4-6-17/h2-12,14-15H,16H2,1H3,(H,29,31). The molecule has 10 heteroatoms. The Morgan fingerprint density at radius 3 is 2.63 bits per heavy atom. The fraction of sp³-hybridized carbons (Fsp3) is 0.0800. The quantitative estimate of drug-likeness (QED) is 0.355. The predicted octanol–water partition coefficient (Wildman–Crippen LogP) is 4.74. The van der Waals surface area contributed by atoms with Gasteiger partial charge in [-0.05, 0) is 42.0 Å². The van der Waals surface area contributed by atoms with Crippen molar-refractivity contribution in [2.24, 2.45) is 0 Å². The van der Waals surface area contributed by atoms with Crippen LogP contribution in [0.25, 0.3) is 5.69 Å². The van der Waals surface area contributed by atoms with Crippen LogP contribution in [0.4, 0.5) is 5.69 Å². The first-order chi connectivity index (χ1) is 16.7. The van der Waals surface area contributed by atoms with Crippen LogP contribution in [-0.2, 0) is 16.4 Å². The molecule has 0 unspecified atom stereocenters. The first-order valence-electron chi connectivity index (χ1n) is 10.3. The normalized spacial score (nSPS) is 11.0. The van der Waals surface area contributed by atoms with Gasteiger partial charge in [-0.15, -0.1) is 0 Å². The fourth-order valence-electron chi connectivity index (χ4n) is 3.25. The summed E-state index contributed by atoms with van der Waals surface area (Å²) in [5, 5.41) is 16.3. The zero-order chi connectivity index (χ0) is 25.0. The number of halogens is 1. The summed E-state index contributed by atoms with van der Waals surface area (Å²) >= 11 is 3.27. The van der Waals surface area contributed by atoms with Crippen molar-refractivity contribution in [2.45, 2.75) is 11.5 Å². The number of hydrogen-bond donors (Lipinski definition) is 1. The van der Waals surface area contributed by atoms with E-state index in [1.54, 1.807) is 24.3 Å². The molecule has 3 aromatic carbocycles. The Hall–Kier alpha value is -3.94. The van der Waals surface area contributed by atoms with Gasteiger partial charge in [-0.25, -0.2) is 13.1 Å². The van der Waals surface area contributed by atoms with E-state index in [0.717, 1.165) is 11.8 Å². The van der Waals surface area contributed by atoms with E-state index in [2.05, 4.69) is 32.4 Å². The van der Waals surface area contributed by atoms with Gasteiger partial charge in [0.25, 0.3) is 5.91 Å². The van der Waals surface area contributed by atoms with Gasteiger partial charge in [-0.1, -0.05) is 46.3 Å². The van der Waals surface area contributed by atoms with Gasteiger partial charge in [0.1, 0.15) is 18.0 Å². The molecule has 8 nitrogen and oxygen atoms in total. The number of carbonyl (C=O) groups excluding carboxylic acids is 1. The Morgan fingerprint density at radius 1 is 1.14 bits per heavy atom. The molecule has 4 rings (SSSR count). The Balaban J connectivity index is 1.59. The molecule has 1 amide bonds. The molecule has 35 heavy (non-hydrogen) atoms. The van der Waals surface area contributed by atoms with E-state index >= 15 is 0 Å². The number of hydrogen-bond acceptors (Lipinski definition) is 6. The molecule has 0 aliphatic carbocycles. The van der Waals surface area contributed by atoms with Gasteiger partial charge >= 0.3 is 0 Å². The first-order valence-corrected chi connectivity index (χ1v) is 13.0. The fourth-order valence-corrected chi connectivity index (χ4v) is 4.57. The number of benzene rings is 3. The van der Waals surface area contributed by atoms with Crippen LogP contribution in [0.5, 0.6) is 5.75 Å². The highest BCUT2D eigenvalue weighted by Crippen LogP contribution is 2.26. The largest absolute Gasteiger partial charge is 0.487 e. The second kappa shape index (κ2) is 10.1. The number of sulfone groups is 1. The molecule has 0 fully saturated rings. The second-order valence-electron chi connectivity index (χ2n) is 7.64. The molecule has 1 heterocycles. The van der Waals surface area contributed by atoms with E-state index in [-0.39, 0.29) is 10.5 Å². The summed E-state index contributed by atoms with van der Waals surface area (Å²) < 4.78 is 31.7. The van der Waals surface area contributed by atoms with Crippen LogP contribution in [0.3, 0.4) is 0 Å². The van der Waals surface area contributed by atoms with Crippen LogP contribution in [-0.4, -0.2) is 30.4 Å².